The van der Waals surface area contributed by atoms with E-state index in [1.54, 1.807) is 18.2 Å². The molecule has 2 heterocycles. The van der Waals surface area contributed by atoms with E-state index in [4.69, 9.17) is 21.1 Å². The fraction of sp³-hybridized carbons (Fsp3) is 0.423. The summed E-state index contributed by atoms with van der Waals surface area (Å²) in [5.74, 6) is 1.18. The normalized spacial score (nSPS) is 14.6. The lowest BCUT2D eigenvalue weighted by molar-refractivity contribution is -0.113. The summed E-state index contributed by atoms with van der Waals surface area (Å²) in [6.45, 7) is 9.65. The maximum atomic E-state index is 13.2. The van der Waals surface area contributed by atoms with E-state index in [9.17, 15) is 9.18 Å². The number of thioether (sulfide) groups is 1. The molecule has 0 aliphatic carbocycles. The minimum absolute atomic E-state index is 0.159. The summed E-state index contributed by atoms with van der Waals surface area (Å²) < 4.78 is 26.6. The molecular formula is C26H31ClFN5O3S. The number of carbonyl (C=O) groups is 1. The zero-order chi connectivity index (χ0) is 26.4. The Balaban J connectivity index is 1.39. The van der Waals surface area contributed by atoms with Gasteiger partial charge in [0.05, 0.1) is 29.7 Å². The second kappa shape index (κ2) is 12.6. The molecule has 1 saturated heterocycles. The third-order valence-electron chi connectivity index (χ3n) is 5.70. The highest BCUT2D eigenvalue weighted by Gasteiger charge is 2.21. The van der Waals surface area contributed by atoms with Crippen LogP contribution in [0.1, 0.15) is 32.7 Å². The molecule has 1 aliphatic rings. The van der Waals surface area contributed by atoms with Gasteiger partial charge >= 0.3 is 0 Å². The Kier molecular flexibility index (Phi) is 9.28. The molecule has 11 heteroatoms. The first-order valence-corrected chi connectivity index (χ1v) is 13.6. The molecule has 0 spiro atoms. The summed E-state index contributed by atoms with van der Waals surface area (Å²) in [4.78, 5) is 14.9. The topological polar surface area (TPSA) is 81.5 Å². The molecule has 1 aromatic heterocycles. The molecule has 1 N–H and O–H groups in total. The summed E-state index contributed by atoms with van der Waals surface area (Å²) in [5.41, 5.74) is 1.57. The molecule has 2 aromatic carbocycles. The minimum Gasteiger partial charge on any atom is -0.483 e. The van der Waals surface area contributed by atoms with Crippen LogP contribution < -0.4 is 15.0 Å². The molecule has 0 saturated carbocycles. The van der Waals surface area contributed by atoms with E-state index in [-0.39, 0.29) is 17.5 Å². The van der Waals surface area contributed by atoms with Gasteiger partial charge in [-0.3, -0.25) is 4.79 Å². The Hall–Kier alpha value is -2.82. The molecule has 1 amide bonds. The number of rotatable bonds is 10. The summed E-state index contributed by atoms with van der Waals surface area (Å²) in [7, 11) is 0. The van der Waals surface area contributed by atoms with E-state index in [0.717, 1.165) is 18.8 Å². The highest BCUT2D eigenvalue weighted by Crippen LogP contribution is 2.30. The van der Waals surface area contributed by atoms with Crippen molar-refractivity contribution in [1.82, 2.24) is 14.8 Å². The average molecular weight is 548 g/mol. The van der Waals surface area contributed by atoms with Gasteiger partial charge in [0.2, 0.25) is 5.91 Å². The lowest BCUT2D eigenvalue weighted by Crippen LogP contribution is -2.36. The molecule has 1 aliphatic heterocycles. The van der Waals surface area contributed by atoms with E-state index >= 15 is 0 Å². The van der Waals surface area contributed by atoms with Crippen LogP contribution in [0, 0.1) is 11.7 Å². The minimum atomic E-state index is -0.410. The number of benzene rings is 2. The van der Waals surface area contributed by atoms with Gasteiger partial charge in [-0.2, -0.15) is 0 Å². The zero-order valence-corrected chi connectivity index (χ0v) is 22.7. The Morgan fingerprint density at radius 3 is 2.57 bits per heavy atom. The van der Waals surface area contributed by atoms with Crippen molar-refractivity contribution in [1.29, 1.82) is 0 Å². The monoisotopic (exact) mass is 547 g/mol. The van der Waals surface area contributed by atoms with Gasteiger partial charge in [-0.25, -0.2) is 4.39 Å². The largest absolute Gasteiger partial charge is 0.483 e. The Morgan fingerprint density at radius 1 is 1.16 bits per heavy atom. The van der Waals surface area contributed by atoms with Gasteiger partial charge in [-0.15, -0.1) is 10.2 Å². The van der Waals surface area contributed by atoms with Gasteiger partial charge in [0.25, 0.3) is 0 Å². The predicted octanol–water partition coefficient (Wildman–Crippen LogP) is 5.43. The number of carbonyl (C=O) groups excluding carboxylic acids is 1. The standard InChI is InChI=1S/C26H31ClFN5O3S/c1-17(2)15-33-25(18(3)36-21-7-4-19(28)5-8-21)30-31-26(33)37-16-24(34)29-20-6-9-23(22(27)14-20)32-10-12-35-13-11-32/h4-9,14,17-18H,10-13,15-16H2,1-3H3,(H,29,34). The van der Waals surface area contributed by atoms with Gasteiger partial charge in [0.1, 0.15) is 11.6 Å². The molecule has 37 heavy (non-hydrogen) atoms. The highest BCUT2D eigenvalue weighted by atomic mass is 35.5. The summed E-state index contributed by atoms with van der Waals surface area (Å²) in [6, 6.07) is 11.4. The van der Waals surface area contributed by atoms with Crippen molar-refractivity contribution in [3.8, 4) is 5.75 Å². The number of anilines is 2. The number of halogens is 2. The Labute approximate surface area is 225 Å². The number of aromatic nitrogens is 3. The molecule has 1 unspecified atom stereocenters. The van der Waals surface area contributed by atoms with Crippen molar-refractivity contribution >= 4 is 40.6 Å². The van der Waals surface area contributed by atoms with Gasteiger partial charge < -0.3 is 24.3 Å². The SMILES string of the molecule is CC(C)Cn1c(SCC(=O)Nc2ccc(N3CCOCC3)c(Cl)c2)nnc1C(C)Oc1ccc(F)cc1. The van der Waals surface area contributed by atoms with E-state index in [2.05, 4.69) is 34.3 Å². The van der Waals surface area contributed by atoms with Gasteiger partial charge in [-0.1, -0.05) is 37.2 Å². The second-order valence-electron chi connectivity index (χ2n) is 9.16. The smallest absolute Gasteiger partial charge is 0.234 e. The first-order chi connectivity index (χ1) is 17.8. The fourth-order valence-electron chi connectivity index (χ4n) is 3.99. The first kappa shape index (κ1) is 27.2. The molecule has 8 nitrogen and oxygen atoms in total. The van der Waals surface area contributed by atoms with Crippen LogP contribution in [0.3, 0.4) is 0 Å². The molecular weight excluding hydrogens is 517 g/mol. The molecule has 198 valence electrons. The molecule has 1 fully saturated rings. The van der Waals surface area contributed by atoms with E-state index in [0.29, 0.717) is 53.1 Å². The van der Waals surface area contributed by atoms with Gasteiger partial charge in [0.15, 0.2) is 17.1 Å². The van der Waals surface area contributed by atoms with Crippen molar-refractivity contribution in [2.45, 2.75) is 38.6 Å². The third kappa shape index (κ3) is 7.37. The number of morpholine rings is 1. The predicted molar refractivity (Wildman–Crippen MR) is 144 cm³/mol. The Morgan fingerprint density at radius 2 is 1.89 bits per heavy atom. The van der Waals surface area contributed by atoms with Crippen LogP contribution in [-0.4, -0.2) is 52.7 Å². The summed E-state index contributed by atoms with van der Waals surface area (Å²) in [5, 5.41) is 12.8. The van der Waals surface area contributed by atoms with E-state index < -0.39 is 6.10 Å². The van der Waals surface area contributed by atoms with Crippen LogP contribution in [0.5, 0.6) is 5.75 Å². The number of ether oxygens (including phenoxy) is 2. The third-order valence-corrected chi connectivity index (χ3v) is 6.97. The summed E-state index contributed by atoms with van der Waals surface area (Å²) in [6.07, 6.45) is -0.410. The zero-order valence-electron chi connectivity index (χ0n) is 21.1. The van der Waals surface area contributed by atoms with Crippen LogP contribution in [0.2, 0.25) is 5.02 Å². The summed E-state index contributed by atoms with van der Waals surface area (Å²) >= 11 is 7.81. The van der Waals surface area contributed by atoms with Crippen molar-refractivity contribution in [2.75, 3.05) is 42.3 Å². The number of amides is 1. The maximum Gasteiger partial charge on any atom is 0.234 e. The highest BCUT2D eigenvalue weighted by molar-refractivity contribution is 7.99. The Bertz CT molecular complexity index is 1200. The molecule has 0 radical (unpaired) electrons. The number of hydrogen-bond donors (Lipinski definition) is 1. The number of nitrogens with one attached hydrogen (secondary N) is 1. The van der Waals surface area contributed by atoms with Crippen LogP contribution in [-0.2, 0) is 16.1 Å². The molecule has 4 rings (SSSR count). The van der Waals surface area contributed by atoms with Crippen molar-refractivity contribution in [2.24, 2.45) is 5.92 Å². The van der Waals surface area contributed by atoms with Crippen molar-refractivity contribution in [3.63, 3.8) is 0 Å². The van der Waals surface area contributed by atoms with Gasteiger partial charge in [-0.05, 0) is 55.3 Å². The van der Waals surface area contributed by atoms with Crippen LogP contribution in [0.25, 0.3) is 0 Å². The lowest BCUT2D eigenvalue weighted by Gasteiger charge is -2.29. The number of nitrogens with zero attached hydrogens (tertiary/aromatic N) is 4. The van der Waals surface area contributed by atoms with E-state index in [1.165, 1.54) is 23.9 Å². The van der Waals surface area contributed by atoms with Crippen LogP contribution in [0.15, 0.2) is 47.6 Å². The molecule has 3 aromatic rings. The average Bonchev–Trinajstić information content (AvgIpc) is 3.26. The van der Waals surface area contributed by atoms with Gasteiger partial charge in [0, 0.05) is 25.3 Å². The molecule has 0 bridgehead atoms. The second-order valence-corrected chi connectivity index (χ2v) is 10.5. The quantitative estimate of drug-likeness (QED) is 0.339. The maximum absolute atomic E-state index is 13.2. The molecule has 1 atom stereocenters. The van der Waals surface area contributed by atoms with Crippen LogP contribution in [0.4, 0.5) is 15.8 Å². The van der Waals surface area contributed by atoms with Crippen LogP contribution >= 0.6 is 23.4 Å². The van der Waals surface area contributed by atoms with E-state index in [1.807, 2.05) is 23.6 Å². The fourth-order valence-corrected chi connectivity index (χ4v) is 5.04. The lowest BCUT2D eigenvalue weighted by atomic mass is 10.2. The van der Waals surface area contributed by atoms with Crippen molar-refractivity contribution in [3.05, 3.63) is 59.1 Å². The number of hydrogen-bond acceptors (Lipinski definition) is 7. The first-order valence-electron chi connectivity index (χ1n) is 12.2. The van der Waals surface area contributed by atoms with Crippen molar-refractivity contribution < 1.29 is 18.7 Å².